The molecule has 0 fully saturated rings. The van der Waals surface area contributed by atoms with Crippen molar-refractivity contribution in [3.8, 4) is 0 Å². The Morgan fingerprint density at radius 1 is 1.27 bits per heavy atom. The van der Waals surface area contributed by atoms with Gasteiger partial charge in [-0.05, 0) is 18.6 Å². The van der Waals surface area contributed by atoms with Gasteiger partial charge < -0.3 is 15.5 Å². The van der Waals surface area contributed by atoms with Gasteiger partial charge in [-0.15, -0.1) is 0 Å². The van der Waals surface area contributed by atoms with Crippen LogP contribution in [0.2, 0.25) is 10.0 Å². The molecule has 22 heavy (non-hydrogen) atoms. The average Bonchev–Trinajstić information content (AvgIpc) is 2.35. The summed E-state index contributed by atoms with van der Waals surface area (Å²) >= 11 is 11.5. The molecule has 0 bridgehead atoms. The standard InChI is InChI=1S/C13H14Cl2F3NO3/c1-6(20)19-3-2-10(21)12(22)11-8(14)4-7(5-9(11)15)13(16,17)18/h4-5,10,12,21-22H,2-3H2,1H3,(H,19,20). The number of alkyl halides is 3. The Kier molecular flexibility index (Phi) is 6.49. The monoisotopic (exact) mass is 359 g/mol. The van der Waals surface area contributed by atoms with Gasteiger partial charge in [-0.2, -0.15) is 13.2 Å². The first kappa shape index (κ1) is 19.0. The van der Waals surface area contributed by atoms with E-state index in [-0.39, 0.29) is 24.4 Å². The van der Waals surface area contributed by atoms with Crippen LogP contribution >= 0.6 is 23.2 Å². The molecular weight excluding hydrogens is 346 g/mol. The SMILES string of the molecule is CC(=O)NCCC(O)C(O)c1c(Cl)cc(C(F)(F)F)cc1Cl. The number of carbonyl (C=O) groups excluding carboxylic acids is 1. The number of amides is 1. The quantitative estimate of drug-likeness (QED) is 0.756. The molecule has 124 valence electrons. The van der Waals surface area contributed by atoms with Crippen LogP contribution in [0.3, 0.4) is 0 Å². The summed E-state index contributed by atoms with van der Waals surface area (Å²) in [6.45, 7) is 1.37. The van der Waals surface area contributed by atoms with Crippen molar-refractivity contribution in [3.63, 3.8) is 0 Å². The zero-order valence-electron chi connectivity index (χ0n) is 11.4. The fourth-order valence-electron chi connectivity index (χ4n) is 1.78. The number of benzene rings is 1. The highest BCUT2D eigenvalue weighted by molar-refractivity contribution is 6.36. The molecule has 0 heterocycles. The van der Waals surface area contributed by atoms with E-state index < -0.39 is 34.0 Å². The second kappa shape index (κ2) is 7.50. The number of aliphatic hydroxyl groups excluding tert-OH is 2. The van der Waals surface area contributed by atoms with Crippen LogP contribution in [0.15, 0.2) is 12.1 Å². The van der Waals surface area contributed by atoms with Crippen LogP contribution in [0.1, 0.15) is 30.6 Å². The van der Waals surface area contributed by atoms with Crippen molar-refractivity contribution >= 4 is 29.1 Å². The van der Waals surface area contributed by atoms with E-state index >= 15 is 0 Å². The van der Waals surface area contributed by atoms with Gasteiger partial charge >= 0.3 is 6.18 Å². The van der Waals surface area contributed by atoms with Gasteiger partial charge in [-0.1, -0.05) is 23.2 Å². The molecule has 0 aliphatic rings. The molecule has 0 aliphatic heterocycles. The molecule has 0 saturated carbocycles. The molecule has 0 saturated heterocycles. The van der Waals surface area contributed by atoms with Crippen LogP contribution < -0.4 is 5.32 Å². The fourth-order valence-corrected chi connectivity index (χ4v) is 2.49. The van der Waals surface area contributed by atoms with Crippen molar-refractivity contribution in [1.29, 1.82) is 0 Å². The second-order valence-electron chi connectivity index (χ2n) is 4.64. The van der Waals surface area contributed by atoms with Gasteiger partial charge in [0.25, 0.3) is 0 Å². The largest absolute Gasteiger partial charge is 0.416 e. The molecule has 1 aromatic carbocycles. The van der Waals surface area contributed by atoms with Crippen LogP contribution in [0.4, 0.5) is 13.2 Å². The van der Waals surface area contributed by atoms with E-state index in [1.54, 1.807) is 0 Å². The van der Waals surface area contributed by atoms with E-state index in [4.69, 9.17) is 23.2 Å². The highest BCUT2D eigenvalue weighted by atomic mass is 35.5. The van der Waals surface area contributed by atoms with Crippen LogP contribution in [0, 0.1) is 0 Å². The summed E-state index contributed by atoms with van der Waals surface area (Å²) in [5.41, 5.74) is -1.24. The first-order valence-electron chi connectivity index (χ1n) is 6.20. The normalized spacial score (nSPS) is 14.5. The lowest BCUT2D eigenvalue weighted by Gasteiger charge is -2.21. The second-order valence-corrected chi connectivity index (χ2v) is 5.45. The molecule has 1 amide bonds. The van der Waals surface area contributed by atoms with Crippen molar-refractivity contribution in [1.82, 2.24) is 5.32 Å². The number of hydrogen-bond acceptors (Lipinski definition) is 3. The number of aliphatic hydroxyl groups is 2. The zero-order chi connectivity index (χ0) is 17.1. The molecule has 2 unspecified atom stereocenters. The number of rotatable bonds is 5. The van der Waals surface area contributed by atoms with E-state index in [9.17, 15) is 28.2 Å². The van der Waals surface area contributed by atoms with Crippen molar-refractivity contribution in [2.75, 3.05) is 6.54 Å². The van der Waals surface area contributed by atoms with E-state index in [1.807, 2.05) is 0 Å². The Hall–Kier alpha value is -1.02. The maximum absolute atomic E-state index is 12.6. The molecule has 2 atom stereocenters. The molecule has 0 radical (unpaired) electrons. The van der Waals surface area contributed by atoms with Crippen LogP contribution in [0.5, 0.6) is 0 Å². The number of halogens is 5. The molecule has 1 aromatic rings. The molecule has 3 N–H and O–H groups in total. The Bertz CT molecular complexity index is 529. The van der Waals surface area contributed by atoms with Crippen molar-refractivity contribution in [2.24, 2.45) is 0 Å². The topological polar surface area (TPSA) is 69.6 Å². The third-order valence-corrected chi connectivity index (χ3v) is 3.51. The van der Waals surface area contributed by atoms with Gasteiger partial charge in [0.15, 0.2) is 0 Å². The van der Waals surface area contributed by atoms with E-state index in [2.05, 4.69) is 5.32 Å². The summed E-state index contributed by atoms with van der Waals surface area (Å²) in [6.07, 6.45) is -7.57. The molecule has 4 nitrogen and oxygen atoms in total. The van der Waals surface area contributed by atoms with Gasteiger partial charge in [-0.25, -0.2) is 0 Å². The van der Waals surface area contributed by atoms with Crippen molar-refractivity contribution < 1.29 is 28.2 Å². The first-order valence-corrected chi connectivity index (χ1v) is 6.96. The Morgan fingerprint density at radius 3 is 2.18 bits per heavy atom. The predicted molar refractivity (Wildman–Crippen MR) is 75.7 cm³/mol. The summed E-state index contributed by atoms with van der Waals surface area (Å²) in [7, 11) is 0. The van der Waals surface area contributed by atoms with Gasteiger partial charge in [0.05, 0.1) is 11.7 Å². The lowest BCUT2D eigenvalue weighted by Crippen LogP contribution is -2.28. The molecule has 9 heteroatoms. The van der Waals surface area contributed by atoms with Crippen LogP contribution in [-0.4, -0.2) is 28.8 Å². The van der Waals surface area contributed by atoms with Gasteiger partial charge in [0, 0.05) is 29.1 Å². The van der Waals surface area contributed by atoms with Gasteiger partial charge in [0.1, 0.15) is 6.10 Å². The summed E-state index contributed by atoms with van der Waals surface area (Å²) in [5, 5.41) is 21.4. The lowest BCUT2D eigenvalue weighted by atomic mass is 10.00. The maximum Gasteiger partial charge on any atom is 0.416 e. The maximum atomic E-state index is 12.6. The van der Waals surface area contributed by atoms with E-state index in [1.165, 1.54) is 6.92 Å². The Morgan fingerprint density at radius 2 is 1.77 bits per heavy atom. The zero-order valence-corrected chi connectivity index (χ0v) is 12.9. The number of nitrogens with one attached hydrogen (secondary N) is 1. The average molecular weight is 360 g/mol. The molecule has 0 aromatic heterocycles. The lowest BCUT2D eigenvalue weighted by molar-refractivity contribution is -0.137. The van der Waals surface area contributed by atoms with E-state index in [0.29, 0.717) is 12.1 Å². The molecular formula is C13H14Cl2F3NO3. The first-order chi connectivity index (χ1) is 10.0. The van der Waals surface area contributed by atoms with Crippen molar-refractivity contribution in [2.45, 2.75) is 31.7 Å². The highest BCUT2D eigenvalue weighted by Gasteiger charge is 2.33. The van der Waals surface area contributed by atoms with E-state index in [0.717, 1.165) is 0 Å². The summed E-state index contributed by atoms with van der Waals surface area (Å²) in [4.78, 5) is 10.7. The van der Waals surface area contributed by atoms with Crippen LogP contribution in [0.25, 0.3) is 0 Å². The van der Waals surface area contributed by atoms with Crippen LogP contribution in [-0.2, 0) is 11.0 Å². The summed E-state index contributed by atoms with van der Waals surface area (Å²) < 4.78 is 37.8. The minimum Gasteiger partial charge on any atom is -0.390 e. The third kappa shape index (κ3) is 5.01. The number of carbonyl (C=O) groups is 1. The predicted octanol–water partition coefficient (Wildman–Crippen LogP) is 2.93. The van der Waals surface area contributed by atoms with Gasteiger partial charge in [-0.3, -0.25) is 4.79 Å². The Balaban J connectivity index is 2.94. The number of hydrogen-bond donors (Lipinski definition) is 3. The summed E-state index contributed by atoms with van der Waals surface area (Å²) in [5.74, 6) is -0.313. The molecule has 0 spiro atoms. The fraction of sp³-hybridized carbons (Fsp3) is 0.462. The summed E-state index contributed by atoms with van der Waals surface area (Å²) in [6, 6.07) is 1.26. The van der Waals surface area contributed by atoms with Gasteiger partial charge in [0.2, 0.25) is 5.91 Å². The molecule has 1 rings (SSSR count). The minimum absolute atomic E-state index is 0.0194. The Labute approximate surface area is 134 Å². The van der Waals surface area contributed by atoms with Crippen molar-refractivity contribution in [3.05, 3.63) is 33.3 Å². The minimum atomic E-state index is -4.62. The third-order valence-electron chi connectivity index (χ3n) is 2.88. The molecule has 0 aliphatic carbocycles. The highest BCUT2D eigenvalue weighted by Crippen LogP contribution is 2.39. The smallest absolute Gasteiger partial charge is 0.390 e.